The Morgan fingerprint density at radius 1 is 1.16 bits per heavy atom. The van der Waals surface area contributed by atoms with Gasteiger partial charge >= 0.3 is 0 Å². The van der Waals surface area contributed by atoms with Crippen LogP contribution in [0.3, 0.4) is 0 Å². The third-order valence-electron chi connectivity index (χ3n) is 7.47. The summed E-state index contributed by atoms with van der Waals surface area (Å²) >= 11 is 0. The highest BCUT2D eigenvalue weighted by molar-refractivity contribution is 6.31. The second kappa shape index (κ2) is 9.42. The van der Waals surface area contributed by atoms with Gasteiger partial charge in [0.15, 0.2) is 17.9 Å². The monoisotopic (exact) mass is 529 g/mol. The van der Waals surface area contributed by atoms with Gasteiger partial charge < -0.3 is 45.5 Å². The van der Waals surface area contributed by atoms with Gasteiger partial charge in [0.05, 0.1) is 42.6 Å². The Hall–Kier alpha value is -3.39. The number of carbonyl (C=O) groups is 3. The number of methoxy groups -OCH3 is 1. The van der Waals surface area contributed by atoms with Crippen molar-refractivity contribution in [3.05, 3.63) is 51.6 Å². The molecule has 202 valence electrons. The number of aromatic hydroxyl groups is 2. The average Bonchev–Trinajstić information content (AvgIpc) is 2.90. The number of aliphatic hydroxyl groups excluding tert-OH is 2. The summed E-state index contributed by atoms with van der Waals surface area (Å²) in [4.78, 5) is 39.6. The van der Waals surface area contributed by atoms with Crippen LogP contribution in [0.2, 0.25) is 0 Å². The molecule has 0 aromatic heterocycles. The highest BCUT2D eigenvalue weighted by Gasteiger charge is 2.49. The van der Waals surface area contributed by atoms with Crippen LogP contribution >= 0.6 is 0 Å². The van der Waals surface area contributed by atoms with Crippen LogP contribution in [-0.2, 0) is 20.7 Å². The molecule has 1 saturated heterocycles. The number of ether oxygens (including phenoxy) is 3. The Kier molecular flexibility index (Phi) is 6.50. The van der Waals surface area contributed by atoms with Crippen LogP contribution in [0, 0.1) is 0 Å². The van der Waals surface area contributed by atoms with Gasteiger partial charge in [-0.05, 0) is 6.07 Å². The minimum atomic E-state index is -2.23. The molecule has 5 rings (SSSR count). The molecule has 12 nitrogen and oxygen atoms in total. The average molecular weight is 529 g/mol. The van der Waals surface area contributed by atoms with Crippen LogP contribution in [-0.4, -0.2) is 87.2 Å². The predicted molar refractivity (Wildman–Crippen MR) is 127 cm³/mol. The van der Waals surface area contributed by atoms with E-state index in [2.05, 4.69) is 0 Å². The lowest BCUT2D eigenvalue weighted by Gasteiger charge is -2.41. The number of fused-ring (bicyclic) bond motifs is 3. The molecule has 0 bridgehead atoms. The normalized spacial score (nSPS) is 28.3. The molecule has 5 atom stereocenters. The van der Waals surface area contributed by atoms with Gasteiger partial charge in [-0.1, -0.05) is 12.1 Å². The summed E-state index contributed by atoms with van der Waals surface area (Å²) in [5.74, 6) is -3.77. The molecule has 0 amide bonds. The number of ketones is 3. The summed E-state index contributed by atoms with van der Waals surface area (Å²) < 4.78 is 16.7. The van der Waals surface area contributed by atoms with Gasteiger partial charge in [-0.2, -0.15) is 0 Å². The molecular weight excluding hydrogens is 502 g/mol. The van der Waals surface area contributed by atoms with E-state index in [1.54, 1.807) is 0 Å². The first-order valence-corrected chi connectivity index (χ1v) is 12.0. The number of nitrogens with two attached hydrogens (primary N) is 1. The fraction of sp³-hybridized carbons (Fsp3) is 0.423. The van der Waals surface area contributed by atoms with Crippen molar-refractivity contribution < 1.29 is 54.1 Å². The number of hydrogen-bond acceptors (Lipinski definition) is 12. The molecule has 3 aliphatic rings. The molecule has 0 saturated carbocycles. The van der Waals surface area contributed by atoms with E-state index in [0.717, 1.165) is 0 Å². The zero-order chi connectivity index (χ0) is 27.5. The van der Waals surface area contributed by atoms with E-state index in [4.69, 9.17) is 19.9 Å². The number of phenols is 2. The summed E-state index contributed by atoms with van der Waals surface area (Å²) in [7, 11) is 1.32. The molecule has 7 N–H and O–H groups in total. The first kappa shape index (κ1) is 26.2. The van der Waals surface area contributed by atoms with E-state index in [1.165, 1.54) is 25.3 Å². The van der Waals surface area contributed by atoms with Crippen molar-refractivity contribution in [1.29, 1.82) is 0 Å². The maximum atomic E-state index is 13.6. The molecule has 1 fully saturated rings. The largest absolute Gasteiger partial charge is 0.507 e. The number of hydrogen-bond donors (Lipinski definition) is 6. The molecule has 5 unspecified atom stereocenters. The third-order valence-corrected chi connectivity index (χ3v) is 7.47. The van der Waals surface area contributed by atoms with Gasteiger partial charge in [-0.15, -0.1) is 0 Å². The van der Waals surface area contributed by atoms with E-state index < -0.39 is 89.6 Å². The Balaban J connectivity index is 1.69. The van der Waals surface area contributed by atoms with Crippen LogP contribution in [0.25, 0.3) is 0 Å². The minimum absolute atomic E-state index is 0.0268. The first-order chi connectivity index (χ1) is 18.0. The van der Waals surface area contributed by atoms with Crippen LogP contribution in [0.5, 0.6) is 17.2 Å². The maximum Gasteiger partial charge on any atom is 0.202 e. The van der Waals surface area contributed by atoms with Gasteiger partial charge in [-0.3, -0.25) is 14.4 Å². The highest BCUT2D eigenvalue weighted by Crippen LogP contribution is 2.52. The minimum Gasteiger partial charge on any atom is -0.507 e. The summed E-state index contributed by atoms with van der Waals surface area (Å²) in [5.41, 5.74) is 2.30. The van der Waals surface area contributed by atoms with E-state index in [1.807, 2.05) is 0 Å². The maximum absolute atomic E-state index is 13.6. The molecule has 2 aromatic rings. The Morgan fingerprint density at radius 2 is 1.87 bits per heavy atom. The van der Waals surface area contributed by atoms with Gasteiger partial charge in [0.25, 0.3) is 0 Å². The number of Topliss-reactive ketones (excluding diaryl/α,β-unsaturated/α-hetero) is 1. The third kappa shape index (κ3) is 3.88. The molecule has 0 spiro atoms. The second-order valence-corrected chi connectivity index (χ2v) is 9.73. The number of aliphatic hydroxyl groups is 3. The molecule has 12 heteroatoms. The summed E-state index contributed by atoms with van der Waals surface area (Å²) in [6.07, 6.45) is -4.31. The lowest BCUT2D eigenvalue weighted by molar-refractivity contribution is -0.223. The molecular formula is C26H27NO11. The zero-order valence-corrected chi connectivity index (χ0v) is 20.3. The van der Waals surface area contributed by atoms with Crippen molar-refractivity contribution >= 4 is 17.3 Å². The molecule has 2 aliphatic carbocycles. The Bertz CT molecular complexity index is 1360. The van der Waals surface area contributed by atoms with Gasteiger partial charge in [0.2, 0.25) is 5.78 Å². The van der Waals surface area contributed by atoms with E-state index in [-0.39, 0.29) is 41.0 Å². The quantitative estimate of drug-likeness (QED) is 0.234. The molecule has 1 aliphatic heterocycles. The summed E-state index contributed by atoms with van der Waals surface area (Å²) in [6, 6.07) is 3.66. The van der Waals surface area contributed by atoms with E-state index in [9.17, 15) is 39.9 Å². The number of carbonyl (C=O) groups excluding carboxylic acids is 3. The fourth-order valence-electron chi connectivity index (χ4n) is 5.45. The smallest absolute Gasteiger partial charge is 0.202 e. The van der Waals surface area contributed by atoms with Crippen molar-refractivity contribution in [2.24, 2.45) is 5.73 Å². The van der Waals surface area contributed by atoms with Crippen LogP contribution < -0.4 is 10.5 Å². The second-order valence-electron chi connectivity index (χ2n) is 9.73. The molecule has 1 heterocycles. The van der Waals surface area contributed by atoms with Gasteiger partial charge in [0.1, 0.15) is 29.5 Å². The van der Waals surface area contributed by atoms with Gasteiger partial charge in [0, 0.05) is 42.0 Å². The fourth-order valence-corrected chi connectivity index (χ4v) is 5.45. The van der Waals surface area contributed by atoms with Crippen molar-refractivity contribution in [3.8, 4) is 17.2 Å². The van der Waals surface area contributed by atoms with Crippen LogP contribution in [0.4, 0.5) is 0 Å². The van der Waals surface area contributed by atoms with Crippen molar-refractivity contribution in [3.63, 3.8) is 0 Å². The molecule has 0 radical (unpaired) electrons. The lowest BCUT2D eigenvalue weighted by Crippen LogP contribution is -2.50. The summed E-state index contributed by atoms with van der Waals surface area (Å²) in [5, 5.41) is 53.2. The van der Waals surface area contributed by atoms with Crippen LogP contribution in [0.1, 0.15) is 61.9 Å². The van der Waals surface area contributed by atoms with Gasteiger partial charge in [-0.25, -0.2) is 0 Å². The SMILES string of the molecule is COc1cccc2c1C(=O)c1c(O)c3c(c(O)c1C2=O)CC(O)(C(=O)CO)CC3OC1CC(N)C(O)CO1. The Labute approximate surface area is 216 Å². The molecule has 2 aromatic carbocycles. The number of phenolic OH excluding ortho intramolecular Hbond substituents is 2. The number of benzene rings is 2. The standard InChI is InChI=1S/C26H27NO11/c1-36-14-4-2-3-10-18(14)24(33)21-20(22(10)31)23(32)11-6-26(35,16(30)8-28)7-15(19(11)25(21)34)38-17-5-12(27)13(29)9-37-17/h2-4,12-13,15,17,28-29,32,34-35H,5-9,27H2,1H3. The van der Waals surface area contributed by atoms with E-state index >= 15 is 0 Å². The van der Waals surface area contributed by atoms with Crippen molar-refractivity contribution in [2.75, 3.05) is 20.3 Å². The van der Waals surface area contributed by atoms with Crippen molar-refractivity contribution in [1.82, 2.24) is 0 Å². The van der Waals surface area contributed by atoms with Crippen molar-refractivity contribution in [2.45, 2.75) is 49.4 Å². The van der Waals surface area contributed by atoms with Crippen LogP contribution in [0.15, 0.2) is 18.2 Å². The highest BCUT2D eigenvalue weighted by atomic mass is 16.7. The predicted octanol–water partition coefficient (Wildman–Crippen LogP) is -0.387. The van der Waals surface area contributed by atoms with E-state index in [0.29, 0.717) is 0 Å². The first-order valence-electron chi connectivity index (χ1n) is 12.0. The topological polar surface area (TPSA) is 206 Å². The summed E-state index contributed by atoms with van der Waals surface area (Å²) in [6.45, 7) is -1.17. The lowest BCUT2D eigenvalue weighted by atomic mass is 9.72. The number of rotatable bonds is 5. The Morgan fingerprint density at radius 3 is 2.53 bits per heavy atom. The zero-order valence-electron chi connectivity index (χ0n) is 20.3. The molecule has 38 heavy (non-hydrogen) atoms.